The molecule has 1 aliphatic carbocycles. The molecule has 6 heteroatoms. The number of amides is 1. The van der Waals surface area contributed by atoms with Crippen molar-refractivity contribution in [2.24, 2.45) is 0 Å². The van der Waals surface area contributed by atoms with E-state index in [0.717, 1.165) is 19.3 Å². The molecule has 0 spiro atoms. The number of hydrogen-bond donors (Lipinski definition) is 1. The Morgan fingerprint density at radius 2 is 2.17 bits per heavy atom. The van der Waals surface area contributed by atoms with Gasteiger partial charge < -0.3 is 5.32 Å². The number of thioether (sulfide) groups is 1. The molecule has 1 heterocycles. The molecule has 1 atom stereocenters. The molecule has 0 bridgehead atoms. The number of hydrogen-bond acceptors (Lipinski definition) is 4. The minimum Gasteiger partial charge on any atom is -0.353 e. The average Bonchev–Trinajstić information content (AvgIpc) is 3.37. The highest BCUT2D eigenvalue weighted by Gasteiger charge is 2.28. The molecule has 1 aromatic carbocycles. The number of aromatic nitrogens is 2. The summed E-state index contributed by atoms with van der Waals surface area (Å²) in [4.78, 5) is 29.3. The molecule has 1 N–H and O–H groups in total. The van der Waals surface area contributed by atoms with E-state index in [2.05, 4.69) is 10.3 Å². The second-order valence-electron chi connectivity index (χ2n) is 5.98. The number of nitrogens with zero attached hydrogens (tertiary/aromatic N) is 2. The quantitative estimate of drug-likeness (QED) is 0.653. The van der Waals surface area contributed by atoms with Crippen molar-refractivity contribution < 1.29 is 4.79 Å². The summed E-state index contributed by atoms with van der Waals surface area (Å²) in [6.07, 6.45) is 2.91. The summed E-state index contributed by atoms with van der Waals surface area (Å²) >= 11 is 1.34. The largest absolute Gasteiger partial charge is 0.353 e. The third kappa shape index (κ3) is 3.58. The molecule has 23 heavy (non-hydrogen) atoms. The lowest BCUT2D eigenvalue weighted by molar-refractivity contribution is -0.119. The van der Waals surface area contributed by atoms with Crippen molar-refractivity contribution in [3.63, 3.8) is 0 Å². The van der Waals surface area contributed by atoms with Crippen LogP contribution in [0.2, 0.25) is 0 Å². The fourth-order valence-electron chi connectivity index (χ4n) is 2.43. The van der Waals surface area contributed by atoms with Crippen molar-refractivity contribution in [3.8, 4) is 0 Å². The molecular formula is C17H21N3O2S. The highest BCUT2D eigenvalue weighted by molar-refractivity contribution is 7.99. The van der Waals surface area contributed by atoms with Crippen LogP contribution in [0.25, 0.3) is 10.9 Å². The molecule has 1 amide bonds. The normalized spacial score (nSPS) is 15.6. The van der Waals surface area contributed by atoms with E-state index in [0.29, 0.717) is 16.1 Å². The lowest BCUT2D eigenvalue weighted by Crippen LogP contribution is -2.33. The maximum Gasteiger partial charge on any atom is 0.262 e. The van der Waals surface area contributed by atoms with Gasteiger partial charge in [-0.25, -0.2) is 4.98 Å². The second-order valence-corrected chi connectivity index (χ2v) is 6.93. The van der Waals surface area contributed by atoms with Gasteiger partial charge in [0.1, 0.15) is 0 Å². The zero-order valence-corrected chi connectivity index (χ0v) is 14.2. The van der Waals surface area contributed by atoms with Gasteiger partial charge in [0.05, 0.1) is 16.7 Å². The highest BCUT2D eigenvalue weighted by Crippen LogP contribution is 2.36. The summed E-state index contributed by atoms with van der Waals surface area (Å²) in [6, 6.07) is 7.79. The predicted octanol–water partition coefficient (Wildman–Crippen LogP) is 2.74. The van der Waals surface area contributed by atoms with Crippen molar-refractivity contribution >= 4 is 28.6 Å². The van der Waals surface area contributed by atoms with Crippen LogP contribution in [0, 0.1) is 0 Å². The lowest BCUT2D eigenvalue weighted by atomic mass is 10.2. The van der Waals surface area contributed by atoms with E-state index in [-0.39, 0.29) is 29.3 Å². The molecular weight excluding hydrogens is 310 g/mol. The Hall–Kier alpha value is -1.82. The van der Waals surface area contributed by atoms with Gasteiger partial charge in [0, 0.05) is 12.1 Å². The SMILES string of the molecule is CC[C@H](C)NC(=O)CSc1nc2ccccc2c(=O)n1C1CC1. The summed E-state index contributed by atoms with van der Waals surface area (Å²) in [5.74, 6) is 0.260. The van der Waals surface area contributed by atoms with Crippen LogP contribution in [0.3, 0.4) is 0 Å². The lowest BCUT2D eigenvalue weighted by Gasteiger charge is -2.13. The number of rotatable bonds is 6. The molecule has 5 nitrogen and oxygen atoms in total. The van der Waals surface area contributed by atoms with Crippen molar-refractivity contribution in [1.29, 1.82) is 0 Å². The van der Waals surface area contributed by atoms with Gasteiger partial charge >= 0.3 is 0 Å². The van der Waals surface area contributed by atoms with Gasteiger partial charge in [0.25, 0.3) is 5.56 Å². The summed E-state index contributed by atoms with van der Waals surface area (Å²) < 4.78 is 1.77. The number of fused-ring (bicyclic) bond motifs is 1. The van der Waals surface area contributed by atoms with E-state index in [9.17, 15) is 9.59 Å². The minimum atomic E-state index is -0.0193. The second kappa shape index (κ2) is 6.74. The molecule has 1 fully saturated rings. The molecule has 0 aliphatic heterocycles. The van der Waals surface area contributed by atoms with Crippen molar-refractivity contribution in [2.45, 2.75) is 50.4 Å². The van der Waals surface area contributed by atoms with Crippen molar-refractivity contribution in [1.82, 2.24) is 14.9 Å². The highest BCUT2D eigenvalue weighted by atomic mass is 32.2. The molecule has 0 unspecified atom stereocenters. The fourth-order valence-corrected chi connectivity index (χ4v) is 3.31. The Labute approximate surface area is 139 Å². The van der Waals surface area contributed by atoms with Gasteiger partial charge in [-0.15, -0.1) is 0 Å². The molecule has 0 radical (unpaired) electrons. The smallest absolute Gasteiger partial charge is 0.262 e. The third-order valence-electron chi connectivity index (χ3n) is 4.04. The van der Waals surface area contributed by atoms with Crippen LogP contribution in [0.15, 0.2) is 34.2 Å². The zero-order chi connectivity index (χ0) is 16.4. The Morgan fingerprint density at radius 1 is 1.43 bits per heavy atom. The number of benzene rings is 1. The minimum absolute atomic E-state index is 0.00272. The van der Waals surface area contributed by atoms with Crippen molar-refractivity contribution in [2.75, 3.05) is 5.75 Å². The first-order chi connectivity index (χ1) is 11.1. The molecule has 1 aliphatic rings. The Bertz CT molecular complexity index is 783. The average molecular weight is 331 g/mol. The molecule has 1 aromatic heterocycles. The number of nitrogens with one attached hydrogen (secondary N) is 1. The van der Waals surface area contributed by atoms with Gasteiger partial charge in [-0.05, 0) is 38.3 Å². The summed E-state index contributed by atoms with van der Waals surface area (Å²) in [5, 5.41) is 4.24. The predicted molar refractivity (Wildman–Crippen MR) is 92.9 cm³/mol. The Morgan fingerprint density at radius 3 is 2.87 bits per heavy atom. The van der Waals surface area contributed by atoms with E-state index in [4.69, 9.17) is 0 Å². The van der Waals surface area contributed by atoms with Gasteiger partial charge in [-0.1, -0.05) is 30.8 Å². The zero-order valence-electron chi connectivity index (χ0n) is 13.4. The maximum absolute atomic E-state index is 12.7. The Kier molecular flexibility index (Phi) is 4.71. The van der Waals surface area contributed by atoms with Crippen LogP contribution in [-0.4, -0.2) is 27.3 Å². The molecule has 3 rings (SSSR count). The van der Waals surface area contributed by atoms with Gasteiger partial charge in [0.2, 0.25) is 5.91 Å². The third-order valence-corrected chi connectivity index (χ3v) is 4.99. The first kappa shape index (κ1) is 16.1. The molecule has 2 aromatic rings. The van der Waals surface area contributed by atoms with E-state index < -0.39 is 0 Å². The van der Waals surface area contributed by atoms with Crippen LogP contribution < -0.4 is 10.9 Å². The van der Waals surface area contributed by atoms with Crippen LogP contribution >= 0.6 is 11.8 Å². The van der Waals surface area contributed by atoms with Gasteiger partial charge in [0.15, 0.2) is 5.16 Å². The molecule has 1 saturated carbocycles. The Balaban J connectivity index is 1.86. The van der Waals surface area contributed by atoms with E-state index in [1.807, 2.05) is 38.1 Å². The van der Waals surface area contributed by atoms with E-state index >= 15 is 0 Å². The van der Waals surface area contributed by atoms with Crippen LogP contribution in [0.1, 0.15) is 39.2 Å². The van der Waals surface area contributed by atoms with Crippen LogP contribution in [-0.2, 0) is 4.79 Å². The summed E-state index contributed by atoms with van der Waals surface area (Å²) in [5.41, 5.74) is 0.696. The van der Waals surface area contributed by atoms with E-state index in [1.54, 1.807) is 4.57 Å². The maximum atomic E-state index is 12.7. The fraction of sp³-hybridized carbons (Fsp3) is 0.471. The van der Waals surface area contributed by atoms with E-state index in [1.165, 1.54) is 11.8 Å². The van der Waals surface area contributed by atoms with Crippen LogP contribution in [0.4, 0.5) is 0 Å². The standard InChI is InChI=1S/C17H21N3O2S/c1-3-11(2)18-15(21)10-23-17-19-14-7-5-4-6-13(14)16(22)20(17)12-8-9-12/h4-7,11-12H,3,8-10H2,1-2H3,(H,18,21)/t11-/m0/s1. The first-order valence-electron chi connectivity index (χ1n) is 8.03. The van der Waals surface area contributed by atoms with Gasteiger partial charge in [-0.3, -0.25) is 14.2 Å². The van der Waals surface area contributed by atoms with Crippen LogP contribution in [0.5, 0.6) is 0 Å². The number of carbonyl (C=O) groups excluding carboxylic acids is 1. The topological polar surface area (TPSA) is 64.0 Å². The van der Waals surface area contributed by atoms with Gasteiger partial charge in [-0.2, -0.15) is 0 Å². The first-order valence-corrected chi connectivity index (χ1v) is 9.02. The number of para-hydroxylation sites is 1. The number of carbonyl (C=O) groups is 1. The monoisotopic (exact) mass is 331 g/mol. The summed E-state index contributed by atoms with van der Waals surface area (Å²) in [6.45, 7) is 4.02. The summed E-state index contributed by atoms with van der Waals surface area (Å²) in [7, 11) is 0. The van der Waals surface area contributed by atoms with Crippen molar-refractivity contribution in [3.05, 3.63) is 34.6 Å². The molecule has 122 valence electrons. The molecule has 0 saturated heterocycles.